The maximum absolute atomic E-state index is 12.2. The van der Waals surface area contributed by atoms with Crippen molar-refractivity contribution in [3.05, 3.63) is 33.2 Å². The van der Waals surface area contributed by atoms with Crippen LogP contribution < -0.4 is 5.56 Å². The van der Waals surface area contributed by atoms with E-state index in [2.05, 4.69) is 4.98 Å². The van der Waals surface area contributed by atoms with E-state index in [1.807, 2.05) is 0 Å². The molecule has 0 saturated heterocycles. The number of carbonyl (C=O) groups excluding carboxylic acids is 2. The second-order valence-corrected chi connectivity index (χ2v) is 6.13. The summed E-state index contributed by atoms with van der Waals surface area (Å²) in [4.78, 5) is 39.9. The Labute approximate surface area is 128 Å². The van der Waals surface area contributed by atoms with Crippen LogP contribution in [-0.4, -0.2) is 41.2 Å². The van der Waals surface area contributed by atoms with Crippen LogP contribution in [0, 0.1) is 0 Å². The number of carbonyl (C=O) groups is 2. The third-order valence-corrected chi connectivity index (χ3v) is 3.35. The van der Waals surface area contributed by atoms with Gasteiger partial charge in [-0.25, -0.2) is 9.59 Å². The summed E-state index contributed by atoms with van der Waals surface area (Å²) in [6, 6.07) is 0. The summed E-state index contributed by atoms with van der Waals surface area (Å²) in [6.07, 6.45) is 1.23. The van der Waals surface area contributed by atoms with Crippen LogP contribution >= 0.6 is 0 Å². The highest BCUT2D eigenvalue weighted by atomic mass is 16.6. The maximum atomic E-state index is 12.2. The van der Waals surface area contributed by atoms with Crippen molar-refractivity contribution in [1.29, 1.82) is 0 Å². The molecule has 120 valence electrons. The highest BCUT2D eigenvalue weighted by Crippen LogP contribution is 2.22. The first kappa shape index (κ1) is 16.1. The Morgan fingerprint density at radius 1 is 1.27 bits per heavy atom. The molecule has 2 heterocycles. The Morgan fingerprint density at radius 2 is 1.95 bits per heavy atom. The van der Waals surface area contributed by atoms with Crippen molar-refractivity contribution in [3.8, 4) is 0 Å². The molecule has 2 rings (SSSR count). The normalized spacial score (nSPS) is 14.3. The lowest BCUT2D eigenvalue weighted by molar-refractivity contribution is 0.0220. The molecule has 0 spiro atoms. The number of methoxy groups -OCH3 is 1. The third-order valence-electron chi connectivity index (χ3n) is 3.35. The van der Waals surface area contributed by atoms with Gasteiger partial charge in [-0.3, -0.25) is 4.79 Å². The smallest absolute Gasteiger partial charge is 0.410 e. The minimum atomic E-state index is -0.600. The molecule has 1 N–H and O–H groups in total. The molecule has 1 aromatic rings. The summed E-state index contributed by atoms with van der Waals surface area (Å²) in [5.41, 5.74) is 0.462. The number of amides is 1. The number of aromatic amines is 1. The molecule has 0 radical (unpaired) electrons. The zero-order chi connectivity index (χ0) is 16.5. The maximum Gasteiger partial charge on any atom is 0.410 e. The highest BCUT2D eigenvalue weighted by molar-refractivity contribution is 5.91. The van der Waals surface area contributed by atoms with Gasteiger partial charge in [0.05, 0.1) is 19.2 Å². The van der Waals surface area contributed by atoms with E-state index in [9.17, 15) is 14.4 Å². The van der Waals surface area contributed by atoms with Crippen molar-refractivity contribution in [3.63, 3.8) is 0 Å². The SMILES string of the molecule is COC(=O)c1c[nH]c(=O)c2c1CN(C(=O)OC(C)(C)C)CC2. The van der Waals surface area contributed by atoms with Crippen molar-refractivity contribution >= 4 is 12.1 Å². The molecule has 0 unspecified atom stereocenters. The zero-order valence-electron chi connectivity index (χ0n) is 13.2. The van der Waals surface area contributed by atoms with Crippen molar-refractivity contribution in [2.45, 2.75) is 39.3 Å². The van der Waals surface area contributed by atoms with E-state index < -0.39 is 17.7 Å². The molecule has 0 saturated carbocycles. The molecule has 1 aliphatic heterocycles. The molecule has 0 atom stereocenters. The first-order valence-corrected chi connectivity index (χ1v) is 7.02. The van der Waals surface area contributed by atoms with Gasteiger partial charge in [0.25, 0.3) is 5.56 Å². The largest absolute Gasteiger partial charge is 0.465 e. The van der Waals surface area contributed by atoms with Crippen LogP contribution in [0.1, 0.15) is 42.3 Å². The Kier molecular flexibility index (Phi) is 4.25. The molecule has 22 heavy (non-hydrogen) atoms. The fraction of sp³-hybridized carbons (Fsp3) is 0.533. The molecule has 0 aliphatic carbocycles. The fourth-order valence-corrected chi connectivity index (χ4v) is 2.35. The lowest BCUT2D eigenvalue weighted by Crippen LogP contribution is -2.42. The van der Waals surface area contributed by atoms with Gasteiger partial charge < -0.3 is 19.4 Å². The average molecular weight is 308 g/mol. The molecular formula is C15H20N2O5. The number of rotatable bonds is 1. The monoisotopic (exact) mass is 308 g/mol. The van der Waals surface area contributed by atoms with E-state index in [1.165, 1.54) is 18.2 Å². The van der Waals surface area contributed by atoms with Gasteiger partial charge >= 0.3 is 12.1 Å². The molecule has 7 heteroatoms. The van der Waals surface area contributed by atoms with E-state index in [4.69, 9.17) is 9.47 Å². The van der Waals surface area contributed by atoms with Crippen molar-refractivity contribution in [2.24, 2.45) is 0 Å². The summed E-state index contributed by atoms with van der Waals surface area (Å²) in [6.45, 7) is 5.88. The van der Waals surface area contributed by atoms with E-state index in [1.54, 1.807) is 20.8 Å². The number of hydrogen-bond acceptors (Lipinski definition) is 5. The number of fused-ring (bicyclic) bond motifs is 1. The number of nitrogens with one attached hydrogen (secondary N) is 1. The first-order valence-electron chi connectivity index (χ1n) is 7.02. The number of ether oxygens (including phenoxy) is 2. The van der Waals surface area contributed by atoms with Gasteiger partial charge in [0.15, 0.2) is 0 Å². The summed E-state index contributed by atoms with van der Waals surface area (Å²) >= 11 is 0. The highest BCUT2D eigenvalue weighted by Gasteiger charge is 2.29. The van der Waals surface area contributed by atoms with E-state index in [-0.39, 0.29) is 17.7 Å². The van der Waals surface area contributed by atoms with Gasteiger partial charge in [-0.1, -0.05) is 0 Å². The van der Waals surface area contributed by atoms with Crippen LogP contribution in [0.25, 0.3) is 0 Å². The predicted octanol–water partition coefficient (Wildman–Crippen LogP) is 1.45. The molecule has 1 aliphatic rings. The predicted molar refractivity (Wildman–Crippen MR) is 78.8 cm³/mol. The quantitative estimate of drug-likeness (QED) is 0.793. The third kappa shape index (κ3) is 3.29. The summed E-state index contributed by atoms with van der Waals surface area (Å²) in [5.74, 6) is -0.543. The second-order valence-electron chi connectivity index (χ2n) is 6.13. The number of esters is 1. The molecule has 7 nitrogen and oxygen atoms in total. The van der Waals surface area contributed by atoms with E-state index in [0.29, 0.717) is 24.1 Å². The fourth-order valence-electron chi connectivity index (χ4n) is 2.35. The van der Waals surface area contributed by atoms with E-state index in [0.717, 1.165) is 0 Å². The zero-order valence-corrected chi connectivity index (χ0v) is 13.2. The van der Waals surface area contributed by atoms with Crippen LogP contribution in [0.2, 0.25) is 0 Å². The Bertz CT molecular complexity index is 657. The number of nitrogens with zero attached hydrogens (tertiary/aromatic N) is 1. The Morgan fingerprint density at radius 3 is 2.55 bits per heavy atom. The standard InChI is InChI=1S/C15H20N2O5/c1-15(2,3)22-14(20)17-6-5-9-11(8-17)10(13(19)21-4)7-16-12(9)18/h7H,5-6,8H2,1-4H3,(H,16,18). The second kappa shape index (κ2) is 5.82. The molecular weight excluding hydrogens is 288 g/mol. The number of hydrogen-bond donors (Lipinski definition) is 1. The lowest BCUT2D eigenvalue weighted by Gasteiger charge is -2.31. The van der Waals surface area contributed by atoms with Crippen LogP contribution in [-0.2, 0) is 22.4 Å². The van der Waals surface area contributed by atoms with Crippen LogP contribution in [0.3, 0.4) is 0 Å². The van der Waals surface area contributed by atoms with Crippen molar-refractivity contribution in [2.75, 3.05) is 13.7 Å². The molecule has 1 aromatic heterocycles. The van der Waals surface area contributed by atoms with Crippen LogP contribution in [0.15, 0.2) is 11.0 Å². The summed E-state index contributed by atoms with van der Waals surface area (Å²) in [5, 5.41) is 0. The average Bonchev–Trinajstić information content (AvgIpc) is 2.44. The minimum Gasteiger partial charge on any atom is -0.465 e. The van der Waals surface area contributed by atoms with Crippen LogP contribution in [0.5, 0.6) is 0 Å². The summed E-state index contributed by atoms with van der Waals surface area (Å²) in [7, 11) is 1.27. The van der Waals surface area contributed by atoms with Gasteiger partial charge in [-0.2, -0.15) is 0 Å². The lowest BCUT2D eigenvalue weighted by atomic mass is 9.97. The number of H-pyrrole nitrogens is 1. The number of pyridine rings is 1. The molecule has 0 fully saturated rings. The van der Waals surface area contributed by atoms with Gasteiger partial charge in [0, 0.05) is 18.3 Å². The van der Waals surface area contributed by atoms with Crippen molar-refractivity contribution < 1.29 is 19.1 Å². The van der Waals surface area contributed by atoms with Gasteiger partial charge in [-0.05, 0) is 32.8 Å². The van der Waals surface area contributed by atoms with E-state index >= 15 is 0 Å². The Hall–Kier alpha value is -2.31. The molecule has 1 amide bonds. The number of aromatic nitrogens is 1. The topological polar surface area (TPSA) is 88.7 Å². The molecule has 0 aromatic carbocycles. The van der Waals surface area contributed by atoms with Gasteiger partial charge in [-0.15, -0.1) is 0 Å². The van der Waals surface area contributed by atoms with Crippen molar-refractivity contribution in [1.82, 2.24) is 9.88 Å². The summed E-state index contributed by atoms with van der Waals surface area (Å²) < 4.78 is 10.1. The Balaban J connectivity index is 2.32. The molecule has 0 bridgehead atoms. The van der Waals surface area contributed by atoms with Gasteiger partial charge in [0.1, 0.15) is 5.60 Å². The van der Waals surface area contributed by atoms with Crippen LogP contribution in [0.4, 0.5) is 4.79 Å². The first-order chi connectivity index (χ1) is 10.2. The minimum absolute atomic E-state index is 0.151. The van der Waals surface area contributed by atoms with Gasteiger partial charge in [0.2, 0.25) is 0 Å².